The quantitative estimate of drug-likeness (QED) is 0.199. The first-order valence-corrected chi connectivity index (χ1v) is 15.5. The minimum Gasteiger partial charge on any atom is -0.453 e. The van der Waals surface area contributed by atoms with Gasteiger partial charge in [0.05, 0.1) is 10.9 Å². The molecule has 12 nitrogen and oxygen atoms in total. The smallest absolute Gasteiger partial charge is 0.410 e. The van der Waals surface area contributed by atoms with Gasteiger partial charge >= 0.3 is 18.0 Å². The van der Waals surface area contributed by atoms with Gasteiger partial charge in [0.1, 0.15) is 40.3 Å². The highest BCUT2D eigenvalue weighted by Gasteiger charge is 2.65. The highest BCUT2D eigenvalue weighted by Crippen LogP contribution is 2.51. The van der Waals surface area contributed by atoms with E-state index in [-0.39, 0.29) is 47.0 Å². The van der Waals surface area contributed by atoms with Crippen LogP contribution < -0.4 is 0 Å². The number of nitrogens with zero attached hydrogens (tertiary/aromatic N) is 4. The number of hydrogen-bond donors (Lipinski definition) is 1. The predicted octanol–water partition coefficient (Wildman–Crippen LogP) is 5.51. The van der Waals surface area contributed by atoms with Crippen molar-refractivity contribution in [2.75, 3.05) is 6.54 Å². The molecule has 0 saturated carbocycles. The van der Waals surface area contributed by atoms with E-state index in [2.05, 4.69) is 9.97 Å². The molecule has 0 bridgehead atoms. The van der Waals surface area contributed by atoms with Crippen LogP contribution in [-0.4, -0.2) is 72.5 Å². The van der Waals surface area contributed by atoms with E-state index in [1.165, 1.54) is 35.8 Å². The molecule has 0 aliphatic carbocycles. The molecule has 1 saturated heterocycles. The molecule has 0 spiro atoms. The van der Waals surface area contributed by atoms with Crippen LogP contribution in [0.25, 0.3) is 11.0 Å². The van der Waals surface area contributed by atoms with Crippen LogP contribution in [0.1, 0.15) is 83.4 Å². The molecule has 0 unspecified atom stereocenters. The molecule has 2 aromatic heterocycles. The van der Waals surface area contributed by atoms with E-state index in [1.807, 2.05) is 0 Å². The zero-order valence-electron chi connectivity index (χ0n) is 27.3. The molecule has 48 heavy (non-hydrogen) atoms. The largest absolute Gasteiger partial charge is 0.453 e. The summed E-state index contributed by atoms with van der Waals surface area (Å²) in [6.45, 7) is 9.49. The lowest BCUT2D eigenvalue weighted by Gasteiger charge is -2.42. The second-order valence-electron chi connectivity index (χ2n) is 13.2. The number of benzene rings is 1. The van der Waals surface area contributed by atoms with E-state index in [1.54, 1.807) is 26.8 Å². The van der Waals surface area contributed by atoms with E-state index in [4.69, 9.17) is 30.5 Å². The molecule has 3 aromatic rings. The number of hydrogen-bond acceptors (Lipinski definition) is 10. The van der Waals surface area contributed by atoms with Crippen molar-refractivity contribution in [3.05, 3.63) is 57.9 Å². The first-order chi connectivity index (χ1) is 22.3. The third kappa shape index (κ3) is 6.30. The van der Waals surface area contributed by atoms with Crippen molar-refractivity contribution in [3.63, 3.8) is 0 Å². The third-order valence-electron chi connectivity index (χ3n) is 8.44. The van der Waals surface area contributed by atoms with Gasteiger partial charge in [-0.3, -0.25) is 9.59 Å². The van der Waals surface area contributed by atoms with Crippen LogP contribution in [0, 0.1) is 5.82 Å². The second kappa shape index (κ2) is 12.5. The van der Waals surface area contributed by atoms with Crippen LogP contribution in [0.5, 0.6) is 0 Å². The summed E-state index contributed by atoms with van der Waals surface area (Å²) in [6.07, 6.45) is -5.84. The molecule has 2 aliphatic rings. The Morgan fingerprint density at radius 2 is 1.83 bits per heavy atom. The number of alkyl halides is 2. The number of halogens is 4. The summed E-state index contributed by atoms with van der Waals surface area (Å²) in [5.74, 6) is -2.79. The van der Waals surface area contributed by atoms with Crippen molar-refractivity contribution >= 4 is 40.7 Å². The molecule has 1 N–H and O–H groups in total. The van der Waals surface area contributed by atoms with Gasteiger partial charge in [-0.15, -0.1) is 0 Å². The lowest BCUT2D eigenvalue weighted by atomic mass is 9.75. The van der Waals surface area contributed by atoms with E-state index in [0.29, 0.717) is 5.39 Å². The van der Waals surface area contributed by atoms with Crippen LogP contribution in [-0.2, 0) is 47.1 Å². The van der Waals surface area contributed by atoms with Crippen LogP contribution in [0.15, 0.2) is 24.7 Å². The standard InChI is InChI=1S/C32H36ClF3N4O8/c1-15(41)45-23-27(40-11-9-18-24(33)37-14-38-26(18)40)46-28(32(23,7)47-16(2)42)31(6,44)21-12-19(25(35)36)22(34)17-8-10-39(13-20(17)21)29(43)48-30(3,4)5/h9,11-12,14,23,25,27-28,44H,8,10,13H2,1-7H3/t23-,27+,28+,31+,32-/m0/s1. The van der Waals surface area contributed by atoms with Crippen molar-refractivity contribution in [1.29, 1.82) is 0 Å². The van der Waals surface area contributed by atoms with Crippen molar-refractivity contribution < 1.29 is 51.6 Å². The number of ether oxygens (including phenoxy) is 4. The van der Waals surface area contributed by atoms with Gasteiger partial charge in [-0.1, -0.05) is 11.6 Å². The van der Waals surface area contributed by atoms with Crippen molar-refractivity contribution in [3.8, 4) is 0 Å². The van der Waals surface area contributed by atoms with Crippen LogP contribution >= 0.6 is 11.6 Å². The molecule has 0 radical (unpaired) electrons. The molecule has 4 heterocycles. The highest BCUT2D eigenvalue weighted by atomic mass is 35.5. The summed E-state index contributed by atoms with van der Waals surface area (Å²) in [5.41, 5.74) is -6.21. The van der Waals surface area contributed by atoms with Gasteiger partial charge in [0, 0.05) is 33.1 Å². The average Bonchev–Trinajstić information content (AvgIpc) is 3.51. The third-order valence-corrected chi connectivity index (χ3v) is 8.74. The van der Waals surface area contributed by atoms with E-state index < -0.39 is 71.1 Å². The molecule has 5 atom stereocenters. The van der Waals surface area contributed by atoms with Crippen molar-refractivity contribution in [1.82, 2.24) is 19.4 Å². The molecular weight excluding hydrogens is 661 g/mol. The number of fused-ring (bicyclic) bond motifs is 2. The Hall–Kier alpha value is -3.95. The number of aliphatic hydroxyl groups is 1. The van der Waals surface area contributed by atoms with Gasteiger partial charge in [0.25, 0.3) is 6.43 Å². The van der Waals surface area contributed by atoms with Crippen LogP contribution in [0.3, 0.4) is 0 Å². The topological polar surface area (TPSA) is 142 Å². The minimum atomic E-state index is -3.27. The Morgan fingerprint density at radius 3 is 2.44 bits per heavy atom. The Balaban J connectivity index is 1.70. The first-order valence-electron chi connectivity index (χ1n) is 15.1. The fraction of sp³-hybridized carbons (Fsp3) is 0.531. The lowest BCUT2D eigenvalue weighted by Crippen LogP contribution is -2.57. The van der Waals surface area contributed by atoms with Crippen molar-refractivity contribution in [2.24, 2.45) is 0 Å². The molecule has 16 heteroatoms. The Morgan fingerprint density at radius 1 is 1.15 bits per heavy atom. The van der Waals surface area contributed by atoms with Crippen LogP contribution in [0.2, 0.25) is 5.15 Å². The van der Waals surface area contributed by atoms with Gasteiger partial charge in [-0.05, 0) is 69.9 Å². The fourth-order valence-corrected chi connectivity index (χ4v) is 6.76. The number of amides is 1. The number of carbonyl (C=O) groups excluding carboxylic acids is 3. The van der Waals surface area contributed by atoms with E-state index in [0.717, 1.165) is 19.9 Å². The highest BCUT2D eigenvalue weighted by molar-refractivity contribution is 6.33. The molecule has 2 aliphatic heterocycles. The van der Waals surface area contributed by atoms with Gasteiger partial charge in [-0.25, -0.2) is 27.9 Å². The molecule has 5 rings (SSSR count). The molecular formula is C32H36ClF3N4O8. The summed E-state index contributed by atoms with van der Waals surface area (Å²) < 4.78 is 69.1. The molecule has 1 fully saturated rings. The Bertz CT molecular complexity index is 1780. The zero-order valence-corrected chi connectivity index (χ0v) is 28.1. The van der Waals surface area contributed by atoms with Gasteiger partial charge in [0.2, 0.25) is 0 Å². The Labute approximate surface area is 279 Å². The van der Waals surface area contributed by atoms with Crippen LogP contribution in [0.4, 0.5) is 18.0 Å². The first kappa shape index (κ1) is 35.4. The zero-order chi connectivity index (χ0) is 35.5. The monoisotopic (exact) mass is 696 g/mol. The summed E-state index contributed by atoms with van der Waals surface area (Å²) in [4.78, 5) is 47.6. The maximum atomic E-state index is 15.6. The fourth-order valence-electron chi connectivity index (χ4n) is 6.57. The number of carbonyl (C=O) groups is 3. The summed E-state index contributed by atoms with van der Waals surface area (Å²) >= 11 is 6.27. The second-order valence-corrected chi connectivity index (χ2v) is 13.6. The van der Waals surface area contributed by atoms with Gasteiger partial charge < -0.3 is 33.5 Å². The molecule has 260 valence electrons. The molecule has 1 amide bonds. The number of esters is 2. The van der Waals surface area contributed by atoms with Crippen molar-refractivity contribution in [2.45, 2.75) is 103 Å². The summed E-state index contributed by atoms with van der Waals surface area (Å²) in [7, 11) is 0. The average molecular weight is 697 g/mol. The Kier molecular flexibility index (Phi) is 9.20. The van der Waals surface area contributed by atoms with Gasteiger partial charge in [-0.2, -0.15) is 0 Å². The number of aromatic nitrogens is 3. The molecule has 1 aromatic carbocycles. The van der Waals surface area contributed by atoms with Gasteiger partial charge in [0.15, 0.2) is 17.9 Å². The summed E-state index contributed by atoms with van der Waals surface area (Å²) in [5, 5.41) is 13.0. The maximum absolute atomic E-state index is 15.6. The lowest BCUT2D eigenvalue weighted by molar-refractivity contribution is -0.196. The SMILES string of the molecule is CC(=O)O[C@H]1[C@H](n2ccc3c(Cl)ncnc32)O[C@H]([C@](C)(O)c2cc(C(F)F)c(F)c3c2CN(C(=O)OC(C)(C)C)CC3)[C@@]1(C)OC(C)=O. The summed E-state index contributed by atoms with van der Waals surface area (Å²) in [6, 6.07) is 2.40. The van der Waals surface area contributed by atoms with E-state index >= 15 is 4.39 Å². The normalized spacial score (nSPS) is 23.9. The number of rotatable bonds is 6. The van der Waals surface area contributed by atoms with E-state index in [9.17, 15) is 28.3 Å². The maximum Gasteiger partial charge on any atom is 0.410 e. The predicted molar refractivity (Wildman–Crippen MR) is 163 cm³/mol. The minimum absolute atomic E-state index is 0.0417.